The van der Waals surface area contributed by atoms with Gasteiger partial charge in [-0.2, -0.15) is 0 Å². The van der Waals surface area contributed by atoms with Crippen LogP contribution in [0.4, 0.5) is 0 Å². The number of fused-ring (bicyclic) bond motifs is 1. The summed E-state index contributed by atoms with van der Waals surface area (Å²) in [6.07, 6.45) is 0. The van der Waals surface area contributed by atoms with Gasteiger partial charge < -0.3 is 9.30 Å². The Bertz CT molecular complexity index is 1180. The van der Waals surface area contributed by atoms with Crippen molar-refractivity contribution in [2.45, 2.75) is 13.8 Å². The second kappa shape index (κ2) is 7.01. The maximum absolute atomic E-state index is 11.6. The molecule has 1 aromatic heterocycles. The number of nitrogens with zero attached hydrogens (tertiary/aromatic N) is 1. The number of esters is 1. The molecule has 140 valence electrons. The number of rotatable bonds is 3. The monoisotopic (exact) mass is 369 g/mol. The minimum absolute atomic E-state index is 0.319. The zero-order valence-electron chi connectivity index (χ0n) is 16.6. The summed E-state index contributed by atoms with van der Waals surface area (Å²) in [6.45, 7) is 4.31. The van der Waals surface area contributed by atoms with E-state index in [1.165, 1.54) is 34.6 Å². The second-order valence-corrected chi connectivity index (χ2v) is 7.19. The molecule has 0 amide bonds. The van der Waals surface area contributed by atoms with Crippen LogP contribution in [0.3, 0.4) is 0 Å². The summed E-state index contributed by atoms with van der Waals surface area (Å²) in [6, 6.07) is 22.8. The van der Waals surface area contributed by atoms with Crippen LogP contribution >= 0.6 is 0 Å². The molecule has 3 nitrogen and oxygen atoms in total. The number of carbonyl (C=O) groups is 1. The van der Waals surface area contributed by atoms with Gasteiger partial charge in [0.2, 0.25) is 0 Å². The van der Waals surface area contributed by atoms with Crippen molar-refractivity contribution in [2.75, 3.05) is 7.11 Å². The van der Waals surface area contributed by atoms with E-state index in [9.17, 15) is 4.79 Å². The maximum atomic E-state index is 11.6. The Morgan fingerprint density at radius 3 is 1.96 bits per heavy atom. The van der Waals surface area contributed by atoms with Crippen LogP contribution in [-0.2, 0) is 11.8 Å². The fourth-order valence-corrected chi connectivity index (χ4v) is 3.79. The van der Waals surface area contributed by atoms with Crippen molar-refractivity contribution in [1.82, 2.24) is 4.57 Å². The molecule has 4 rings (SSSR count). The summed E-state index contributed by atoms with van der Waals surface area (Å²) < 4.78 is 6.97. The highest BCUT2D eigenvalue weighted by atomic mass is 16.5. The van der Waals surface area contributed by atoms with Crippen LogP contribution in [0, 0.1) is 13.8 Å². The lowest BCUT2D eigenvalue weighted by atomic mass is 9.98. The highest BCUT2D eigenvalue weighted by Crippen LogP contribution is 2.32. The normalized spacial score (nSPS) is 11.0. The third-order valence-corrected chi connectivity index (χ3v) is 5.47. The molecule has 0 saturated heterocycles. The first-order valence-electron chi connectivity index (χ1n) is 9.34. The smallest absolute Gasteiger partial charge is 0.337 e. The highest BCUT2D eigenvalue weighted by Gasteiger charge is 2.12. The van der Waals surface area contributed by atoms with Crippen LogP contribution in [0.5, 0.6) is 0 Å². The SMILES string of the molecule is COC(=O)c1ccc(-c2ccc(-c3ccc4c(C)ccc(C)c4c3)n2C)cc1. The van der Waals surface area contributed by atoms with Crippen molar-refractivity contribution in [2.24, 2.45) is 7.05 Å². The number of aryl methyl sites for hydroxylation is 2. The van der Waals surface area contributed by atoms with E-state index in [1.807, 2.05) is 12.1 Å². The molecule has 0 saturated carbocycles. The lowest BCUT2D eigenvalue weighted by molar-refractivity contribution is 0.0601. The summed E-state index contributed by atoms with van der Waals surface area (Å²) in [5.41, 5.74) is 7.67. The van der Waals surface area contributed by atoms with Crippen LogP contribution in [-0.4, -0.2) is 17.6 Å². The number of methoxy groups -OCH3 is 1. The van der Waals surface area contributed by atoms with Gasteiger partial charge in [-0.15, -0.1) is 0 Å². The van der Waals surface area contributed by atoms with E-state index in [1.54, 1.807) is 12.1 Å². The summed E-state index contributed by atoms with van der Waals surface area (Å²) in [4.78, 5) is 11.6. The number of ether oxygens (including phenoxy) is 1. The molecular formula is C25H23NO2. The fraction of sp³-hybridized carbons (Fsp3) is 0.160. The standard InChI is InChI=1S/C25H23NO2/c1-16-5-6-17(2)22-15-20(11-12-21(16)22)24-14-13-23(26(24)3)18-7-9-19(10-8-18)25(27)28-4/h5-15H,1-4H3. The molecule has 0 aliphatic heterocycles. The Kier molecular flexibility index (Phi) is 4.52. The lowest BCUT2D eigenvalue weighted by Crippen LogP contribution is -2.01. The average molecular weight is 369 g/mol. The number of hydrogen-bond donors (Lipinski definition) is 0. The topological polar surface area (TPSA) is 31.2 Å². The molecule has 0 N–H and O–H groups in total. The predicted octanol–water partition coefficient (Wildman–Crippen LogP) is 5.92. The fourth-order valence-electron chi connectivity index (χ4n) is 3.79. The molecule has 3 heteroatoms. The summed E-state index contributed by atoms with van der Waals surface area (Å²) in [7, 11) is 3.47. The molecule has 0 fully saturated rings. The molecule has 0 aliphatic rings. The molecule has 28 heavy (non-hydrogen) atoms. The van der Waals surface area contributed by atoms with Gasteiger partial charge in [-0.3, -0.25) is 0 Å². The van der Waals surface area contributed by atoms with Crippen LogP contribution in [0.15, 0.2) is 66.7 Å². The van der Waals surface area contributed by atoms with Gasteiger partial charge in [0.25, 0.3) is 0 Å². The Hall–Kier alpha value is -3.33. The van der Waals surface area contributed by atoms with E-state index in [0.29, 0.717) is 5.56 Å². The first-order chi connectivity index (χ1) is 13.5. The van der Waals surface area contributed by atoms with Crippen LogP contribution in [0.25, 0.3) is 33.3 Å². The van der Waals surface area contributed by atoms with Gasteiger partial charge in [0.05, 0.1) is 12.7 Å². The first kappa shape index (κ1) is 18.1. The Labute approximate surface area is 165 Å². The molecule has 1 heterocycles. The van der Waals surface area contributed by atoms with E-state index in [4.69, 9.17) is 4.74 Å². The minimum atomic E-state index is -0.319. The van der Waals surface area contributed by atoms with E-state index in [0.717, 1.165) is 17.0 Å². The average Bonchev–Trinajstić information content (AvgIpc) is 3.11. The van der Waals surface area contributed by atoms with E-state index < -0.39 is 0 Å². The predicted molar refractivity (Wildman–Crippen MR) is 115 cm³/mol. The minimum Gasteiger partial charge on any atom is -0.465 e. The zero-order valence-corrected chi connectivity index (χ0v) is 16.6. The molecule has 0 unspecified atom stereocenters. The molecule has 0 atom stereocenters. The third kappa shape index (κ3) is 2.99. The quantitative estimate of drug-likeness (QED) is 0.420. The zero-order chi connectivity index (χ0) is 19.8. The van der Waals surface area contributed by atoms with Gasteiger partial charge >= 0.3 is 5.97 Å². The van der Waals surface area contributed by atoms with Gasteiger partial charge in [0.1, 0.15) is 0 Å². The highest BCUT2D eigenvalue weighted by molar-refractivity contribution is 5.92. The first-order valence-corrected chi connectivity index (χ1v) is 9.34. The Balaban J connectivity index is 1.75. The molecule has 0 aliphatic carbocycles. The van der Waals surface area contributed by atoms with Crippen LogP contribution in [0.2, 0.25) is 0 Å². The number of hydrogen-bond acceptors (Lipinski definition) is 2. The third-order valence-electron chi connectivity index (χ3n) is 5.47. The van der Waals surface area contributed by atoms with E-state index >= 15 is 0 Å². The van der Waals surface area contributed by atoms with Crippen LogP contribution < -0.4 is 0 Å². The molecular weight excluding hydrogens is 346 g/mol. The van der Waals surface area contributed by atoms with Crippen molar-refractivity contribution in [1.29, 1.82) is 0 Å². The summed E-state index contributed by atoms with van der Waals surface area (Å²) in [5.74, 6) is -0.319. The largest absolute Gasteiger partial charge is 0.465 e. The van der Waals surface area contributed by atoms with Crippen molar-refractivity contribution in [3.63, 3.8) is 0 Å². The van der Waals surface area contributed by atoms with E-state index in [-0.39, 0.29) is 5.97 Å². The number of benzene rings is 3. The lowest BCUT2D eigenvalue weighted by Gasteiger charge is -2.11. The molecule has 0 spiro atoms. The Morgan fingerprint density at radius 2 is 1.32 bits per heavy atom. The molecule has 4 aromatic rings. The van der Waals surface area contributed by atoms with Crippen molar-refractivity contribution in [3.05, 3.63) is 83.4 Å². The second-order valence-electron chi connectivity index (χ2n) is 7.19. The van der Waals surface area contributed by atoms with Crippen LogP contribution in [0.1, 0.15) is 21.5 Å². The molecule has 0 bridgehead atoms. The van der Waals surface area contributed by atoms with Crippen molar-refractivity contribution < 1.29 is 9.53 Å². The van der Waals surface area contributed by atoms with Gasteiger partial charge in [0.15, 0.2) is 0 Å². The van der Waals surface area contributed by atoms with E-state index in [2.05, 4.69) is 67.9 Å². The summed E-state index contributed by atoms with van der Waals surface area (Å²) >= 11 is 0. The Morgan fingerprint density at radius 1 is 0.750 bits per heavy atom. The molecule has 0 radical (unpaired) electrons. The van der Waals surface area contributed by atoms with Gasteiger partial charge in [-0.1, -0.05) is 36.4 Å². The van der Waals surface area contributed by atoms with Gasteiger partial charge in [-0.25, -0.2) is 4.79 Å². The van der Waals surface area contributed by atoms with Gasteiger partial charge in [0, 0.05) is 18.4 Å². The maximum Gasteiger partial charge on any atom is 0.337 e. The van der Waals surface area contributed by atoms with Crippen molar-refractivity contribution >= 4 is 16.7 Å². The molecule has 3 aromatic carbocycles. The van der Waals surface area contributed by atoms with Crippen molar-refractivity contribution in [3.8, 4) is 22.5 Å². The summed E-state index contributed by atoms with van der Waals surface area (Å²) in [5, 5.41) is 2.60. The number of carbonyl (C=O) groups excluding carboxylic acids is 1. The number of aromatic nitrogens is 1. The van der Waals surface area contributed by atoms with Gasteiger partial charge in [-0.05, 0) is 77.2 Å².